The van der Waals surface area contributed by atoms with Crippen LogP contribution in [-0.4, -0.2) is 9.97 Å². The zero-order chi connectivity index (χ0) is 19.6. The fourth-order valence-corrected chi connectivity index (χ4v) is 3.92. The maximum absolute atomic E-state index is 6.10. The largest absolute Gasteiger partial charge is 0.486 e. The summed E-state index contributed by atoms with van der Waals surface area (Å²) in [5.41, 5.74) is 4.03. The fraction of sp³-hybridized carbons (Fsp3) is 0.238. The molecule has 27 heavy (non-hydrogen) atoms. The van der Waals surface area contributed by atoms with Crippen LogP contribution in [-0.2, 0) is 0 Å². The minimum absolute atomic E-state index is 0.138. The standard InChI is InChI=1S/C21H20Cl2N2OS/c1-12-9-17(26-15(4)16-5-7-18(22)19(23)11-16)6-8-20(12)27-21-24-13(2)10-14(3)25-21/h5-11,15H,1-4H3. The van der Waals surface area contributed by atoms with E-state index in [1.807, 2.05) is 57.2 Å². The van der Waals surface area contributed by atoms with E-state index in [2.05, 4.69) is 16.9 Å². The number of benzene rings is 2. The Morgan fingerprint density at radius 1 is 0.889 bits per heavy atom. The first-order valence-corrected chi connectivity index (χ1v) is 10.1. The molecule has 1 aromatic heterocycles. The highest BCUT2D eigenvalue weighted by atomic mass is 35.5. The van der Waals surface area contributed by atoms with Gasteiger partial charge in [-0.25, -0.2) is 9.97 Å². The van der Waals surface area contributed by atoms with E-state index in [0.717, 1.165) is 38.3 Å². The van der Waals surface area contributed by atoms with Gasteiger partial charge >= 0.3 is 0 Å². The van der Waals surface area contributed by atoms with Crippen molar-refractivity contribution >= 4 is 35.0 Å². The zero-order valence-corrected chi connectivity index (χ0v) is 17.9. The van der Waals surface area contributed by atoms with E-state index >= 15 is 0 Å². The lowest BCUT2D eigenvalue weighted by Gasteiger charge is -2.17. The van der Waals surface area contributed by atoms with Gasteiger partial charge in [-0.1, -0.05) is 29.3 Å². The highest BCUT2D eigenvalue weighted by Crippen LogP contribution is 2.33. The molecule has 140 valence electrons. The van der Waals surface area contributed by atoms with Crippen LogP contribution in [0.3, 0.4) is 0 Å². The van der Waals surface area contributed by atoms with Crippen LogP contribution < -0.4 is 4.74 Å². The van der Waals surface area contributed by atoms with Crippen molar-refractivity contribution < 1.29 is 4.74 Å². The molecule has 0 amide bonds. The van der Waals surface area contributed by atoms with E-state index < -0.39 is 0 Å². The maximum atomic E-state index is 6.10. The minimum Gasteiger partial charge on any atom is -0.486 e. The molecule has 0 aliphatic rings. The van der Waals surface area contributed by atoms with Gasteiger partial charge < -0.3 is 4.74 Å². The second kappa shape index (κ2) is 8.51. The third-order valence-electron chi connectivity index (χ3n) is 4.04. The average Bonchev–Trinajstić information content (AvgIpc) is 2.59. The lowest BCUT2D eigenvalue weighted by atomic mass is 10.1. The molecule has 1 unspecified atom stereocenters. The zero-order valence-electron chi connectivity index (χ0n) is 15.6. The number of aryl methyl sites for hydroxylation is 3. The summed E-state index contributed by atoms with van der Waals surface area (Å²) in [4.78, 5) is 10.1. The molecule has 0 N–H and O–H groups in total. The fourth-order valence-electron chi connectivity index (χ4n) is 2.68. The van der Waals surface area contributed by atoms with Gasteiger partial charge in [-0.2, -0.15) is 0 Å². The molecule has 0 bridgehead atoms. The molecule has 0 aliphatic carbocycles. The van der Waals surface area contributed by atoms with Gasteiger partial charge in [0.2, 0.25) is 0 Å². The van der Waals surface area contributed by atoms with Gasteiger partial charge in [0.15, 0.2) is 5.16 Å². The van der Waals surface area contributed by atoms with E-state index in [-0.39, 0.29) is 6.10 Å². The Morgan fingerprint density at radius 2 is 1.59 bits per heavy atom. The van der Waals surface area contributed by atoms with E-state index in [0.29, 0.717) is 10.0 Å². The number of ether oxygens (including phenoxy) is 1. The first-order chi connectivity index (χ1) is 12.8. The summed E-state index contributed by atoms with van der Waals surface area (Å²) >= 11 is 13.6. The lowest BCUT2D eigenvalue weighted by molar-refractivity contribution is 0.226. The molecule has 2 aromatic carbocycles. The number of hydrogen-bond donors (Lipinski definition) is 0. The summed E-state index contributed by atoms with van der Waals surface area (Å²) in [7, 11) is 0. The molecule has 1 atom stereocenters. The van der Waals surface area contributed by atoms with Crippen LogP contribution in [0.5, 0.6) is 5.75 Å². The van der Waals surface area contributed by atoms with Crippen molar-refractivity contribution in [3.8, 4) is 5.75 Å². The quantitative estimate of drug-likeness (QED) is 0.417. The van der Waals surface area contributed by atoms with Crippen molar-refractivity contribution in [2.75, 3.05) is 0 Å². The Hall–Kier alpha value is -1.75. The van der Waals surface area contributed by atoms with Gasteiger partial charge in [-0.3, -0.25) is 0 Å². The molecule has 0 fully saturated rings. The normalized spacial score (nSPS) is 12.1. The van der Waals surface area contributed by atoms with Gasteiger partial charge in [0.1, 0.15) is 11.9 Å². The summed E-state index contributed by atoms with van der Waals surface area (Å²) in [5, 5.41) is 1.83. The van der Waals surface area contributed by atoms with E-state index in [4.69, 9.17) is 27.9 Å². The molecule has 0 saturated carbocycles. The van der Waals surface area contributed by atoms with Crippen molar-refractivity contribution in [3.05, 3.63) is 75.0 Å². The Balaban J connectivity index is 1.75. The molecule has 3 rings (SSSR count). The van der Waals surface area contributed by atoms with Crippen LogP contribution in [0.1, 0.15) is 35.5 Å². The van der Waals surface area contributed by atoms with Crippen LogP contribution in [0.2, 0.25) is 10.0 Å². The van der Waals surface area contributed by atoms with E-state index in [1.54, 1.807) is 17.8 Å². The molecule has 3 aromatic rings. The summed E-state index contributed by atoms with van der Waals surface area (Å²) < 4.78 is 6.08. The Bertz CT molecular complexity index is 958. The highest BCUT2D eigenvalue weighted by molar-refractivity contribution is 7.99. The third-order valence-corrected chi connectivity index (χ3v) is 5.82. The van der Waals surface area contributed by atoms with Crippen molar-refractivity contribution in [3.63, 3.8) is 0 Å². The second-order valence-corrected chi connectivity index (χ2v) is 8.22. The molecule has 0 saturated heterocycles. The van der Waals surface area contributed by atoms with Gasteiger partial charge in [0.25, 0.3) is 0 Å². The first-order valence-electron chi connectivity index (χ1n) is 8.54. The highest BCUT2D eigenvalue weighted by Gasteiger charge is 2.11. The number of aromatic nitrogens is 2. The van der Waals surface area contributed by atoms with Gasteiger partial charge in [0, 0.05) is 16.3 Å². The van der Waals surface area contributed by atoms with E-state index in [1.165, 1.54) is 0 Å². The molecule has 1 heterocycles. The van der Waals surface area contributed by atoms with Crippen molar-refractivity contribution in [1.29, 1.82) is 0 Å². The van der Waals surface area contributed by atoms with Crippen LogP contribution >= 0.6 is 35.0 Å². The molecule has 0 spiro atoms. The number of hydrogen-bond acceptors (Lipinski definition) is 4. The first kappa shape index (κ1) is 20.0. The second-order valence-electron chi connectivity index (χ2n) is 6.40. The summed E-state index contributed by atoms with van der Waals surface area (Å²) in [5.74, 6) is 0.803. The third kappa shape index (κ3) is 5.16. The molecule has 3 nitrogen and oxygen atoms in total. The van der Waals surface area contributed by atoms with Crippen molar-refractivity contribution in [2.24, 2.45) is 0 Å². The summed E-state index contributed by atoms with van der Waals surface area (Å²) in [6.45, 7) is 8.00. The number of halogens is 2. The molecule has 6 heteroatoms. The van der Waals surface area contributed by atoms with Gasteiger partial charge in [0.05, 0.1) is 10.0 Å². The summed E-state index contributed by atoms with van der Waals surface area (Å²) in [6, 6.07) is 13.5. The lowest BCUT2D eigenvalue weighted by Crippen LogP contribution is -2.03. The maximum Gasteiger partial charge on any atom is 0.192 e. The van der Waals surface area contributed by atoms with Crippen molar-refractivity contribution in [1.82, 2.24) is 9.97 Å². The molecule has 0 aliphatic heterocycles. The predicted molar refractivity (Wildman–Crippen MR) is 112 cm³/mol. The Kier molecular flexibility index (Phi) is 6.30. The number of rotatable bonds is 5. The molecular formula is C21H20Cl2N2OS. The summed E-state index contributed by atoms with van der Waals surface area (Å²) in [6.07, 6.45) is -0.138. The topological polar surface area (TPSA) is 35.0 Å². The van der Waals surface area contributed by atoms with Crippen LogP contribution in [0.15, 0.2) is 52.5 Å². The Morgan fingerprint density at radius 3 is 2.22 bits per heavy atom. The number of nitrogens with zero attached hydrogens (tertiary/aromatic N) is 2. The van der Waals surface area contributed by atoms with Crippen LogP contribution in [0.4, 0.5) is 0 Å². The van der Waals surface area contributed by atoms with E-state index in [9.17, 15) is 0 Å². The SMILES string of the molecule is Cc1cc(C)nc(Sc2ccc(OC(C)c3ccc(Cl)c(Cl)c3)cc2C)n1. The molecule has 0 radical (unpaired) electrons. The molecular weight excluding hydrogens is 399 g/mol. The van der Waals surface area contributed by atoms with Crippen LogP contribution in [0, 0.1) is 20.8 Å². The van der Waals surface area contributed by atoms with Gasteiger partial charge in [-0.05, 0) is 87.0 Å². The smallest absolute Gasteiger partial charge is 0.192 e. The predicted octanol–water partition coefficient (Wildman–Crippen LogP) is 7.00. The minimum atomic E-state index is -0.138. The van der Waals surface area contributed by atoms with Crippen LogP contribution in [0.25, 0.3) is 0 Å². The van der Waals surface area contributed by atoms with Crippen molar-refractivity contribution in [2.45, 2.75) is 43.9 Å². The van der Waals surface area contributed by atoms with Gasteiger partial charge in [-0.15, -0.1) is 0 Å². The monoisotopic (exact) mass is 418 g/mol. The average molecular weight is 419 g/mol. The Labute approximate surface area is 174 Å².